The molecule has 2 nitrogen and oxygen atoms in total. The van der Waals surface area contributed by atoms with E-state index in [4.69, 9.17) is 5.11 Å². The summed E-state index contributed by atoms with van der Waals surface area (Å²) in [5.74, 6) is 0. The normalized spacial score (nSPS) is 12.8. The van der Waals surface area contributed by atoms with Crippen molar-refractivity contribution in [1.29, 1.82) is 0 Å². The minimum atomic E-state index is 0.254. The summed E-state index contributed by atoms with van der Waals surface area (Å²) in [6.07, 6.45) is 2.37. The number of alkyl halides is 1. The van der Waals surface area contributed by atoms with E-state index in [9.17, 15) is 0 Å². The number of rotatable bonds is 8. The van der Waals surface area contributed by atoms with Crippen molar-refractivity contribution >= 4 is 15.9 Å². The summed E-state index contributed by atoms with van der Waals surface area (Å²) >= 11 is 3.63. The van der Waals surface area contributed by atoms with E-state index < -0.39 is 0 Å². The molecular weight excluding hydrogens is 254 g/mol. The van der Waals surface area contributed by atoms with Crippen LogP contribution in [0.25, 0.3) is 0 Å². The molecule has 3 heteroatoms. The summed E-state index contributed by atoms with van der Waals surface area (Å²) < 4.78 is 0. The molecule has 0 fully saturated rings. The van der Waals surface area contributed by atoms with Gasteiger partial charge in [0.2, 0.25) is 0 Å². The van der Waals surface area contributed by atoms with Crippen LogP contribution in [-0.4, -0.2) is 41.1 Å². The van der Waals surface area contributed by atoms with E-state index in [1.54, 1.807) is 0 Å². The SMILES string of the molecule is CCC(CC)(CBr)CN(CCO)C(C)C. The molecule has 0 atom stereocenters. The smallest absolute Gasteiger partial charge is 0.0558 e. The number of nitrogens with zero attached hydrogens (tertiary/aromatic N) is 1. The Balaban J connectivity index is 4.45. The van der Waals surface area contributed by atoms with Crippen LogP contribution >= 0.6 is 15.9 Å². The molecule has 92 valence electrons. The molecule has 0 unspecified atom stereocenters. The van der Waals surface area contributed by atoms with Gasteiger partial charge in [-0.2, -0.15) is 0 Å². The molecular formula is C12H26BrNO. The van der Waals surface area contributed by atoms with Crippen molar-refractivity contribution in [3.8, 4) is 0 Å². The summed E-state index contributed by atoms with van der Waals surface area (Å²) in [7, 11) is 0. The summed E-state index contributed by atoms with van der Waals surface area (Å²) in [6, 6.07) is 0.508. The molecule has 0 aromatic rings. The first-order valence-electron chi connectivity index (χ1n) is 5.96. The van der Waals surface area contributed by atoms with Crippen molar-refractivity contribution in [2.75, 3.05) is 25.0 Å². The lowest BCUT2D eigenvalue weighted by Crippen LogP contribution is -2.43. The highest BCUT2D eigenvalue weighted by Gasteiger charge is 2.28. The van der Waals surface area contributed by atoms with E-state index in [1.807, 2.05) is 0 Å². The number of hydrogen-bond donors (Lipinski definition) is 1. The van der Waals surface area contributed by atoms with Gasteiger partial charge >= 0.3 is 0 Å². The molecule has 0 heterocycles. The highest BCUT2D eigenvalue weighted by molar-refractivity contribution is 9.09. The second kappa shape index (κ2) is 7.64. The highest BCUT2D eigenvalue weighted by atomic mass is 79.9. The molecule has 0 aliphatic carbocycles. The Morgan fingerprint density at radius 1 is 1.27 bits per heavy atom. The Bertz CT molecular complexity index is 149. The number of hydrogen-bond acceptors (Lipinski definition) is 2. The minimum Gasteiger partial charge on any atom is -0.395 e. The van der Waals surface area contributed by atoms with E-state index in [-0.39, 0.29) is 6.61 Å². The van der Waals surface area contributed by atoms with Crippen molar-refractivity contribution in [3.05, 3.63) is 0 Å². The predicted molar refractivity (Wildman–Crippen MR) is 70.6 cm³/mol. The maximum atomic E-state index is 9.05. The monoisotopic (exact) mass is 279 g/mol. The molecule has 0 aromatic carbocycles. The number of aliphatic hydroxyl groups excluding tert-OH is 1. The van der Waals surface area contributed by atoms with Crippen LogP contribution in [0.1, 0.15) is 40.5 Å². The van der Waals surface area contributed by atoms with Crippen LogP contribution in [0.2, 0.25) is 0 Å². The van der Waals surface area contributed by atoms with Crippen molar-refractivity contribution in [2.45, 2.75) is 46.6 Å². The Morgan fingerprint density at radius 2 is 1.80 bits per heavy atom. The van der Waals surface area contributed by atoms with Crippen molar-refractivity contribution < 1.29 is 5.11 Å². The fraction of sp³-hybridized carbons (Fsp3) is 1.00. The Kier molecular flexibility index (Phi) is 7.84. The topological polar surface area (TPSA) is 23.5 Å². The van der Waals surface area contributed by atoms with E-state index in [0.29, 0.717) is 11.5 Å². The number of halogens is 1. The first kappa shape index (κ1) is 15.4. The van der Waals surface area contributed by atoms with Crippen LogP contribution in [0.15, 0.2) is 0 Å². The maximum Gasteiger partial charge on any atom is 0.0558 e. The van der Waals surface area contributed by atoms with Gasteiger partial charge in [-0.1, -0.05) is 29.8 Å². The molecule has 15 heavy (non-hydrogen) atoms. The van der Waals surface area contributed by atoms with Gasteiger partial charge in [-0.05, 0) is 32.1 Å². The van der Waals surface area contributed by atoms with Crippen LogP contribution in [0.3, 0.4) is 0 Å². The second-order valence-electron chi connectivity index (χ2n) is 4.63. The van der Waals surface area contributed by atoms with E-state index in [0.717, 1.165) is 18.4 Å². The third kappa shape index (κ3) is 4.83. The zero-order chi connectivity index (χ0) is 11.9. The van der Waals surface area contributed by atoms with Gasteiger partial charge < -0.3 is 5.11 Å². The van der Waals surface area contributed by atoms with E-state index >= 15 is 0 Å². The summed E-state index contributed by atoms with van der Waals surface area (Å²) in [6.45, 7) is 11.0. The zero-order valence-electron chi connectivity index (χ0n) is 10.6. The van der Waals surface area contributed by atoms with Crippen molar-refractivity contribution in [3.63, 3.8) is 0 Å². The first-order valence-corrected chi connectivity index (χ1v) is 7.08. The van der Waals surface area contributed by atoms with Gasteiger partial charge in [-0.15, -0.1) is 0 Å². The van der Waals surface area contributed by atoms with Gasteiger partial charge in [0.1, 0.15) is 0 Å². The Labute approximate surface area is 103 Å². The quantitative estimate of drug-likeness (QED) is 0.691. The maximum absolute atomic E-state index is 9.05. The van der Waals surface area contributed by atoms with Gasteiger partial charge in [0.15, 0.2) is 0 Å². The third-order valence-corrected chi connectivity index (χ3v) is 4.63. The molecule has 1 N–H and O–H groups in total. The average Bonchev–Trinajstić information content (AvgIpc) is 2.24. The van der Waals surface area contributed by atoms with Gasteiger partial charge in [0, 0.05) is 24.5 Å². The standard InChI is InChI=1S/C12H26BrNO/c1-5-12(6-2,9-13)10-14(7-8-15)11(3)4/h11,15H,5-10H2,1-4H3. The van der Waals surface area contributed by atoms with Gasteiger partial charge in [0.05, 0.1) is 6.61 Å². The first-order chi connectivity index (χ1) is 7.05. The molecule has 0 amide bonds. The molecule has 0 aromatic heterocycles. The van der Waals surface area contributed by atoms with E-state index in [2.05, 4.69) is 48.5 Å². The zero-order valence-corrected chi connectivity index (χ0v) is 12.2. The lowest BCUT2D eigenvalue weighted by Gasteiger charge is -2.37. The van der Waals surface area contributed by atoms with Crippen molar-refractivity contribution in [2.24, 2.45) is 5.41 Å². The molecule has 0 saturated carbocycles. The number of aliphatic hydroxyl groups is 1. The molecule has 0 rings (SSSR count). The van der Waals surface area contributed by atoms with E-state index in [1.165, 1.54) is 12.8 Å². The summed E-state index contributed by atoms with van der Waals surface area (Å²) in [4.78, 5) is 2.37. The van der Waals surface area contributed by atoms with Crippen molar-refractivity contribution in [1.82, 2.24) is 4.90 Å². The van der Waals surface area contributed by atoms with Gasteiger partial charge in [0.25, 0.3) is 0 Å². The molecule has 0 radical (unpaired) electrons. The lowest BCUT2D eigenvalue weighted by molar-refractivity contribution is 0.105. The third-order valence-electron chi connectivity index (χ3n) is 3.44. The van der Waals surface area contributed by atoms with Crippen LogP contribution in [0, 0.1) is 5.41 Å². The molecule has 0 aliphatic heterocycles. The van der Waals surface area contributed by atoms with Crippen LogP contribution < -0.4 is 0 Å². The molecule has 0 aliphatic rings. The summed E-state index contributed by atoms with van der Waals surface area (Å²) in [5.41, 5.74) is 0.361. The lowest BCUT2D eigenvalue weighted by atomic mass is 9.84. The van der Waals surface area contributed by atoms with Crippen LogP contribution in [0.4, 0.5) is 0 Å². The Morgan fingerprint density at radius 3 is 2.07 bits per heavy atom. The fourth-order valence-corrected chi connectivity index (χ4v) is 2.75. The van der Waals surface area contributed by atoms with Crippen LogP contribution in [0.5, 0.6) is 0 Å². The summed E-state index contributed by atoms with van der Waals surface area (Å²) in [5, 5.41) is 10.1. The molecule has 0 saturated heterocycles. The van der Waals surface area contributed by atoms with Gasteiger partial charge in [-0.25, -0.2) is 0 Å². The van der Waals surface area contributed by atoms with Crippen LogP contribution in [-0.2, 0) is 0 Å². The highest BCUT2D eigenvalue weighted by Crippen LogP contribution is 2.30. The minimum absolute atomic E-state index is 0.254. The average molecular weight is 280 g/mol. The Hall–Kier alpha value is 0.400. The van der Waals surface area contributed by atoms with Gasteiger partial charge in [-0.3, -0.25) is 4.90 Å². The largest absolute Gasteiger partial charge is 0.395 e. The molecule has 0 bridgehead atoms. The predicted octanol–water partition coefficient (Wildman–Crippen LogP) is 2.89. The second-order valence-corrected chi connectivity index (χ2v) is 5.19. The fourth-order valence-electron chi connectivity index (χ4n) is 1.78. The molecule has 0 spiro atoms.